The van der Waals surface area contributed by atoms with Crippen molar-refractivity contribution >= 4 is 11.6 Å². The van der Waals surface area contributed by atoms with E-state index in [4.69, 9.17) is 16.1 Å². The first-order valence-electron chi connectivity index (χ1n) is 5.11. The van der Waals surface area contributed by atoms with Crippen LogP contribution >= 0.6 is 11.6 Å². The molecule has 0 aliphatic carbocycles. The van der Waals surface area contributed by atoms with E-state index >= 15 is 0 Å². The molecular formula is C11H11ClN2O3. The van der Waals surface area contributed by atoms with E-state index in [0.717, 1.165) is 9.31 Å². The Morgan fingerprint density at radius 3 is 2.24 bits per heavy atom. The van der Waals surface area contributed by atoms with Gasteiger partial charge in [-0.15, -0.1) is 4.74 Å². The molecule has 0 saturated carbocycles. The molecule has 0 atom stereocenters. The zero-order valence-electron chi connectivity index (χ0n) is 9.38. The molecule has 6 heteroatoms. The van der Waals surface area contributed by atoms with Crippen LogP contribution in [0.25, 0.3) is 5.69 Å². The smallest absolute Gasteiger partial charge is 0.312 e. The summed E-state index contributed by atoms with van der Waals surface area (Å²) in [5, 5.41) is 0.549. The third-order valence-corrected chi connectivity index (χ3v) is 2.58. The monoisotopic (exact) mass is 254 g/mol. The molecule has 0 fully saturated rings. The largest absolute Gasteiger partial charge is 0.443 e. The van der Waals surface area contributed by atoms with Crippen LogP contribution in [0.15, 0.2) is 38.4 Å². The number of nitrogens with zero attached hydrogens (tertiary/aromatic N) is 2. The third kappa shape index (κ3) is 2.06. The number of aromatic nitrogens is 2. The fraction of sp³-hybridized carbons (Fsp3) is 0.273. The number of hydrogen-bond acceptors (Lipinski definition) is 3. The van der Waals surface area contributed by atoms with Gasteiger partial charge >= 0.3 is 11.4 Å². The summed E-state index contributed by atoms with van der Waals surface area (Å²) in [6.45, 7) is 3.48. The average molecular weight is 255 g/mol. The molecule has 17 heavy (non-hydrogen) atoms. The van der Waals surface area contributed by atoms with Crippen molar-refractivity contribution in [1.29, 1.82) is 0 Å². The molecule has 1 heterocycles. The van der Waals surface area contributed by atoms with Gasteiger partial charge in [0.1, 0.15) is 0 Å². The lowest BCUT2D eigenvalue weighted by Gasteiger charge is -2.00. The van der Waals surface area contributed by atoms with Crippen molar-refractivity contribution in [2.75, 3.05) is 0 Å². The predicted octanol–water partition coefficient (Wildman–Crippen LogP) is 1.83. The highest BCUT2D eigenvalue weighted by Crippen LogP contribution is 2.11. The van der Waals surface area contributed by atoms with Crippen molar-refractivity contribution < 1.29 is 4.52 Å². The normalized spacial score (nSPS) is 11.1. The van der Waals surface area contributed by atoms with Crippen LogP contribution in [0.1, 0.15) is 19.9 Å². The fourth-order valence-corrected chi connectivity index (χ4v) is 1.63. The van der Waals surface area contributed by atoms with E-state index in [1.807, 2.05) is 0 Å². The van der Waals surface area contributed by atoms with Crippen LogP contribution in [-0.2, 0) is 0 Å². The molecule has 1 aromatic heterocycles. The van der Waals surface area contributed by atoms with Crippen molar-refractivity contribution in [1.82, 2.24) is 9.31 Å². The van der Waals surface area contributed by atoms with Crippen molar-refractivity contribution in [3.63, 3.8) is 0 Å². The van der Waals surface area contributed by atoms with E-state index in [-0.39, 0.29) is 6.04 Å². The first-order chi connectivity index (χ1) is 8.00. The van der Waals surface area contributed by atoms with E-state index < -0.39 is 11.4 Å². The maximum atomic E-state index is 11.9. The number of halogens is 1. The van der Waals surface area contributed by atoms with Gasteiger partial charge in [-0.3, -0.25) is 0 Å². The quantitative estimate of drug-likeness (QED) is 0.822. The van der Waals surface area contributed by atoms with Crippen LogP contribution in [-0.4, -0.2) is 9.31 Å². The van der Waals surface area contributed by atoms with Gasteiger partial charge in [-0.25, -0.2) is 14.2 Å². The molecule has 1 aromatic carbocycles. The number of benzene rings is 1. The molecule has 5 nitrogen and oxygen atoms in total. The number of hydrogen-bond donors (Lipinski definition) is 0. The maximum Gasteiger partial charge on any atom is 0.443 e. The first-order valence-corrected chi connectivity index (χ1v) is 5.49. The van der Waals surface area contributed by atoms with Crippen molar-refractivity contribution in [2.45, 2.75) is 19.9 Å². The first kappa shape index (κ1) is 11.7. The van der Waals surface area contributed by atoms with Gasteiger partial charge in [-0.1, -0.05) is 11.6 Å². The Morgan fingerprint density at radius 1 is 1.18 bits per heavy atom. The molecule has 2 aromatic rings. The summed E-state index contributed by atoms with van der Waals surface area (Å²) in [5.41, 5.74) is -0.0248. The van der Waals surface area contributed by atoms with Gasteiger partial charge in [0.05, 0.1) is 5.69 Å². The molecule has 0 aliphatic heterocycles. The second kappa shape index (κ2) is 4.25. The van der Waals surface area contributed by atoms with Gasteiger partial charge in [-0.05, 0) is 38.1 Å². The van der Waals surface area contributed by atoms with Crippen LogP contribution < -0.4 is 11.4 Å². The van der Waals surface area contributed by atoms with Crippen LogP contribution in [0.5, 0.6) is 0 Å². The molecule has 0 radical (unpaired) electrons. The molecule has 2 rings (SSSR count). The minimum Gasteiger partial charge on any atom is -0.312 e. The van der Waals surface area contributed by atoms with Crippen molar-refractivity contribution in [2.24, 2.45) is 0 Å². The Morgan fingerprint density at radius 2 is 1.76 bits per heavy atom. The Balaban J connectivity index is 2.62. The summed E-state index contributed by atoms with van der Waals surface area (Å²) in [7, 11) is 0. The van der Waals surface area contributed by atoms with Gasteiger partial charge in [-0.2, -0.15) is 0 Å². The SMILES string of the molecule is CC(C)n1c(=O)on(-c2ccc(Cl)cc2)c1=O. The van der Waals surface area contributed by atoms with Crippen LogP contribution in [0.3, 0.4) is 0 Å². The molecule has 0 saturated heterocycles. The lowest BCUT2D eigenvalue weighted by atomic mass is 10.3. The zero-order valence-corrected chi connectivity index (χ0v) is 10.1. The van der Waals surface area contributed by atoms with Gasteiger partial charge < -0.3 is 4.52 Å². The highest BCUT2D eigenvalue weighted by atomic mass is 35.5. The van der Waals surface area contributed by atoms with Crippen LogP contribution in [0.4, 0.5) is 0 Å². The molecule has 90 valence electrons. The molecule has 0 amide bonds. The molecular weight excluding hydrogens is 244 g/mol. The molecule has 0 spiro atoms. The highest BCUT2D eigenvalue weighted by molar-refractivity contribution is 6.30. The van der Waals surface area contributed by atoms with E-state index in [0.29, 0.717) is 10.7 Å². The minimum absolute atomic E-state index is 0.243. The molecule has 0 unspecified atom stereocenters. The summed E-state index contributed by atoms with van der Waals surface area (Å²) in [6, 6.07) is 6.22. The van der Waals surface area contributed by atoms with Crippen LogP contribution in [0, 0.1) is 0 Å². The third-order valence-electron chi connectivity index (χ3n) is 2.32. The lowest BCUT2D eigenvalue weighted by Crippen LogP contribution is -2.29. The fourth-order valence-electron chi connectivity index (χ4n) is 1.51. The molecule has 0 bridgehead atoms. The summed E-state index contributed by atoms with van der Waals surface area (Å²) >= 11 is 5.74. The summed E-state index contributed by atoms with van der Waals surface area (Å²) < 4.78 is 6.91. The van der Waals surface area contributed by atoms with E-state index in [9.17, 15) is 9.59 Å². The van der Waals surface area contributed by atoms with Crippen LogP contribution in [0.2, 0.25) is 5.02 Å². The van der Waals surface area contributed by atoms with Gasteiger partial charge in [0.2, 0.25) is 0 Å². The molecule has 0 aliphatic rings. The van der Waals surface area contributed by atoms with Crippen molar-refractivity contribution in [3.8, 4) is 5.69 Å². The van der Waals surface area contributed by atoms with Gasteiger partial charge in [0, 0.05) is 11.1 Å². The summed E-state index contributed by atoms with van der Waals surface area (Å²) in [6.07, 6.45) is 0. The predicted molar refractivity (Wildman–Crippen MR) is 64.0 cm³/mol. The highest BCUT2D eigenvalue weighted by Gasteiger charge is 2.15. The Bertz CT molecular complexity index is 634. The lowest BCUT2D eigenvalue weighted by molar-refractivity contribution is 0.309. The van der Waals surface area contributed by atoms with E-state index in [2.05, 4.69) is 0 Å². The molecule has 0 N–H and O–H groups in total. The second-order valence-electron chi connectivity index (χ2n) is 3.87. The summed E-state index contributed by atoms with van der Waals surface area (Å²) in [4.78, 5) is 23.4. The Kier molecular flexibility index (Phi) is 2.93. The van der Waals surface area contributed by atoms with E-state index in [1.54, 1.807) is 38.1 Å². The summed E-state index contributed by atoms with van der Waals surface area (Å²) in [5.74, 6) is -0.667. The Labute approximate surface area is 102 Å². The van der Waals surface area contributed by atoms with Crippen molar-refractivity contribution in [3.05, 3.63) is 50.3 Å². The second-order valence-corrected chi connectivity index (χ2v) is 4.31. The van der Waals surface area contributed by atoms with E-state index in [1.165, 1.54) is 0 Å². The topological polar surface area (TPSA) is 57.1 Å². The standard InChI is InChI=1S/C11H11ClN2O3/c1-7(2)13-10(15)14(17-11(13)16)9-5-3-8(12)4-6-9/h3-7H,1-2H3. The number of rotatable bonds is 2. The average Bonchev–Trinajstić information content (AvgIpc) is 2.55. The minimum atomic E-state index is -0.667. The maximum absolute atomic E-state index is 11.9. The zero-order chi connectivity index (χ0) is 12.6. The Hall–Kier alpha value is -1.75. The van der Waals surface area contributed by atoms with Gasteiger partial charge in [0.15, 0.2) is 0 Å². The van der Waals surface area contributed by atoms with Gasteiger partial charge in [0.25, 0.3) is 0 Å².